The molecule has 0 unspecified atom stereocenters. The van der Waals surface area contributed by atoms with Gasteiger partial charge in [0.15, 0.2) is 0 Å². The van der Waals surface area contributed by atoms with Gasteiger partial charge in [-0.2, -0.15) is 5.10 Å². The summed E-state index contributed by atoms with van der Waals surface area (Å²) >= 11 is 12.3. The standard InChI is InChI=1S/C23H18Cl2N2O2/c1-28-18-9-4-15(5-10-18)23-27-21(19-12-17(25)8-11-22(19)29-23)13-20(26-27)14-2-6-16(24)7-3-14/h2-12,21,23H,13H2,1H3/t21-,23+/m1/s1. The summed E-state index contributed by atoms with van der Waals surface area (Å²) in [5.41, 5.74) is 4.12. The maximum atomic E-state index is 6.36. The van der Waals surface area contributed by atoms with Crippen LogP contribution in [0.4, 0.5) is 0 Å². The van der Waals surface area contributed by atoms with Crippen LogP contribution in [0.25, 0.3) is 0 Å². The Balaban J connectivity index is 1.58. The van der Waals surface area contributed by atoms with Crippen LogP contribution in [0.5, 0.6) is 11.5 Å². The Morgan fingerprint density at radius 3 is 2.41 bits per heavy atom. The zero-order valence-electron chi connectivity index (χ0n) is 15.7. The highest BCUT2D eigenvalue weighted by molar-refractivity contribution is 6.31. The van der Waals surface area contributed by atoms with Crippen LogP contribution in [0.2, 0.25) is 10.0 Å². The summed E-state index contributed by atoms with van der Waals surface area (Å²) in [5, 5.41) is 8.38. The van der Waals surface area contributed by atoms with Gasteiger partial charge in [-0.1, -0.05) is 35.3 Å². The van der Waals surface area contributed by atoms with Gasteiger partial charge in [-0.25, -0.2) is 5.01 Å². The normalized spacial score (nSPS) is 19.8. The first-order chi connectivity index (χ1) is 14.1. The second-order valence-electron chi connectivity index (χ2n) is 7.08. The average Bonchev–Trinajstić information content (AvgIpc) is 3.20. The van der Waals surface area contributed by atoms with Gasteiger partial charge in [-0.05, 0) is 60.2 Å². The molecule has 0 N–H and O–H groups in total. The Morgan fingerprint density at radius 1 is 0.966 bits per heavy atom. The minimum Gasteiger partial charge on any atom is -0.497 e. The number of hydrazone groups is 1. The lowest BCUT2D eigenvalue weighted by molar-refractivity contribution is -0.0190. The van der Waals surface area contributed by atoms with E-state index in [9.17, 15) is 0 Å². The van der Waals surface area contributed by atoms with Gasteiger partial charge in [-0.15, -0.1) is 0 Å². The third kappa shape index (κ3) is 3.33. The predicted octanol–water partition coefficient (Wildman–Crippen LogP) is 6.24. The van der Waals surface area contributed by atoms with E-state index in [0.717, 1.165) is 40.3 Å². The summed E-state index contributed by atoms with van der Waals surface area (Å²) in [4.78, 5) is 0. The average molecular weight is 425 g/mol. The molecule has 29 heavy (non-hydrogen) atoms. The molecule has 0 spiro atoms. The minimum absolute atomic E-state index is 0.0511. The summed E-state index contributed by atoms with van der Waals surface area (Å²) in [7, 11) is 1.66. The zero-order valence-corrected chi connectivity index (χ0v) is 17.2. The van der Waals surface area contributed by atoms with Crippen molar-refractivity contribution >= 4 is 28.9 Å². The van der Waals surface area contributed by atoms with Crippen LogP contribution in [0, 0.1) is 0 Å². The Labute approximate surface area is 179 Å². The number of rotatable bonds is 3. The summed E-state index contributed by atoms with van der Waals surface area (Å²) in [6.07, 6.45) is 0.440. The molecule has 0 saturated heterocycles. The van der Waals surface area contributed by atoms with E-state index >= 15 is 0 Å². The molecule has 3 aromatic rings. The molecule has 0 radical (unpaired) electrons. The van der Waals surface area contributed by atoms with E-state index in [-0.39, 0.29) is 12.3 Å². The van der Waals surface area contributed by atoms with Crippen LogP contribution < -0.4 is 9.47 Å². The molecule has 0 amide bonds. The highest BCUT2D eigenvalue weighted by atomic mass is 35.5. The molecule has 0 aliphatic carbocycles. The fourth-order valence-electron chi connectivity index (χ4n) is 3.86. The number of benzene rings is 3. The molecule has 0 fully saturated rings. The van der Waals surface area contributed by atoms with Crippen molar-refractivity contribution in [2.45, 2.75) is 18.7 Å². The molecule has 0 saturated carbocycles. The maximum Gasteiger partial charge on any atom is 0.213 e. The first-order valence-corrected chi connectivity index (χ1v) is 10.1. The van der Waals surface area contributed by atoms with Crippen LogP contribution in [0.3, 0.4) is 0 Å². The lowest BCUT2D eigenvalue weighted by atomic mass is 9.96. The quantitative estimate of drug-likeness (QED) is 0.498. The molecule has 6 heteroatoms. The van der Waals surface area contributed by atoms with Crippen molar-refractivity contribution in [2.75, 3.05) is 7.11 Å². The predicted molar refractivity (Wildman–Crippen MR) is 115 cm³/mol. The molecule has 0 aromatic heterocycles. The third-order valence-electron chi connectivity index (χ3n) is 5.33. The SMILES string of the molecule is COc1ccc([C@@H]2Oc3ccc(Cl)cc3[C@H]3CC(c4ccc(Cl)cc4)=NN32)cc1. The van der Waals surface area contributed by atoms with Gasteiger partial charge in [0.05, 0.1) is 18.9 Å². The maximum absolute atomic E-state index is 6.36. The van der Waals surface area contributed by atoms with Gasteiger partial charge < -0.3 is 9.47 Å². The second-order valence-corrected chi connectivity index (χ2v) is 7.95. The van der Waals surface area contributed by atoms with Gasteiger partial charge in [0, 0.05) is 27.6 Å². The number of fused-ring (bicyclic) bond motifs is 3. The first kappa shape index (κ1) is 18.3. The zero-order chi connectivity index (χ0) is 20.0. The number of hydrogen-bond acceptors (Lipinski definition) is 4. The smallest absolute Gasteiger partial charge is 0.213 e. The molecular weight excluding hydrogens is 407 g/mol. The highest BCUT2D eigenvalue weighted by Gasteiger charge is 2.41. The van der Waals surface area contributed by atoms with Crippen molar-refractivity contribution in [1.29, 1.82) is 0 Å². The highest BCUT2D eigenvalue weighted by Crippen LogP contribution is 2.48. The van der Waals surface area contributed by atoms with E-state index in [2.05, 4.69) is 0 Å². The molecular formula is C23H18Cl2N2O2. The molecule has 2 atom stereocenters. The molecule has 3 aromatic carbocycles. The van der Waals surface area contributed by atoms with Gasteiger partial charge >= 0.3 is 0 Å². The minimum atomic E-state index is -0.329. The first-order valence-electron chi connectivity index (χ1n) is 9.34. The van der Waals surface area contributed by atoms with E-state index in [0.29, 0.717) is 10.0 Å². The monoisotopic (exact) mass is 424 g/mol. The number of nitrogens with zero attached hydrogens (tertiary/aromatic N) is 2. The Morgan fingerprint density at radius 2 is 1.69 bits per heavy atom. The van der Waals surface area contributed by atoms with Crippen LogP contribution in [0.15, 0.2) is 71.8 Å². The van der Waals surface area contributed by atoms with E-state index in [4.69, 9.17) is 37.8 Å². The van der Waals surface area contributed by atoms with Crippen molar-refractivity contribution < 1.29 is 9.47 Å². The van der Waals surface area contributed by atoms with Gasteiger partial charge in [0.2, 0.25) is 6.23 Å². The summed E-state index contributed by atoms with van der Waals surface area (Å²) in [6.45, 7) is 0. The molecule has 2 heterocycles. The van der Waals surface area contributed by atoms with Gasteiger partial charge in [0.25, 0.3) is 0 Å². The summed E-state index contributed by atoms with van der Waals surface area (Å²) in [5.74, 6) is 1.64. The summed E-state index contributed by atoms with van der Waals surface area (Å²) in [6, 6.07) is 21.5. The lowest BCUT2D eigenvalue weighted by Crippen LogP contribution is -2.33. The third-order valence-corrected chi connectivity index (χ3v) is 5.82. The van der Waals surface area contributed by atoms with Crippen LogP contribution in [-0.2, 0) is 0 Å². The van der Waals surface area contributed by atoms with Crippen molar-refractivity contribution in [3.8, 4) is 11.5 Å². The fraction of sp³-hybridized carbons (Fsp3) is 0.174. The Bertz CT molecular complexity index is 1080. The van der Waals surface area contributed by atoms with Gasteiger partial charge in [-0.3, -0.25) is 0 Å². The van der Waals surface area contributed by atoms with Crippen molar-refractivity contribution in [1.82, 2.24) is 5.01 Å². The molecule has 2 aliphatic rings. The second kappa shape index (κ2) is 7.29. The molecule has 0 bridgehead atoms. The lowest BCUT2D eigenvalue weighted by Gasteiger charge is -2.38. The van der Waals surface area contributed by atoms with Crippen LogP contribution in [-0.4, -0.2) is 17.8 Å². The van der Waals surface area contributed by atoms with Crippen molar-refractivity contribution in [3.63, 3.8) is 0 Å². The molecule has 2 aliphatic heterocycles. The number of methoxy groups -OCH3 is 1. The topological polar surface area (TPSA) is 34.1 Å². The van der Waals surface area contributed by atoms with E-state index in [1.165, 1.54) is 0 Å². The van der Waals surface area contributed by atoms with Gasteiger partial charge in [0.1, 0.15) is 11.5 Å². The van der Waals surface area contributed by atoms with E-state index in [1.54, 1.807) is 7.11 Å². The van der Waals surface area contributed by atoms with Crippen molar-refractivity contribution in [3.05, 3.63) is 93.5 Å². The van der Waals surface area contributed by atoms with E-state index in [1.807, 2.05) is 71.7 Å². The largest absolute Gasteiger partial charge is 0.497 e. The fourth-order valence-corrected chi connectivity index (χ4v) is 4.17. The number of hydrogen-bond donors (Lipinski definition) is 0. The number of ether oxygens (including phenoxy) is 2. The Hall–Kier alpha value is -2.69. The molecule has 146 valence electrons. The van der Waals surface area contributed by atoms with Crippen molar-refractivity contribution in [2.24, 2.45) is 5.10 Å². The number of halogens is 2. The van der Waals surface area contributed by atoms with E-state index < -0.39 is 0 Å². The summed E-state index contributed by atoms with van der Waals surface area (Å²) < 4.78 is 11.7. The van der Waals surface area contributed by atoms with Crippen LogP contribution in [0.1, 0.15) is 35.4 Å². The Kier molecular flexibility index (Phi) is 4.61. The molecule has 4 nitrogen and oxygen atoms in total. The van der Waals surface area contributed by atoms with Crippen LogP contribution >= 0.6 is 23.2 Å². The molecule has 5 rings (SSSR count).